The number of likely N-dealkylation sites (tertiary alicyclic amines) is 2. The van der Waals surface area contributed by atoms with Crippen LogP contribution in [0.1, 0.15) is 11.1 Å². The van der Waals surface area contributed by atoms with E-state index in [9.17, 15) is 4.79 Å². The van der Waals surface area contributed by atoms with Crippen molar-refractivity contribution in [1.82, 2.24) is 9.80 Å². The molecule has 0 radical (unpaired) electrons. The zero-order valence-corrected chi connectivity index (χ0v) is 14.6. The normalized spacial score (nSPS) is 23.1. The van der Waals surface area contributed by atoms with E-state index in [4.69, 9.17) is 4.74 Å². The molecule has 0 aromatic heterocycles. The standard InChI is InChI=1S/C21H24N2O2/c1-25-19-9-7-17(8-10-19)12-23-14-18-13-22(15-20(18)21(23)24)11-16-5-3-2-4-6-16/h2-10,18,20H,11-15H2,1H3. The van der Waals surface area contributed by atoms with Crippen LogP contribution in [0.4, 0.5) is 0 Å². The molecule has 0 aliphatic carbocycles. The van der Waals surface area contributed by atoms with Crippen LogP contribution in [0.15, 0.2) is 54.6 Å². The van der Waals surface area contributed by atoms with Crippen molar-refractivity contribution in [2.24, 2.45) is 11.8 Å². The maximum atomic E-state index is 12.8. The van der Waals surface area contributed by atoms with Crippen LogP contribution >= 0.6 is 0 Å². The van der Waals surface area contributed by atoms with E-state index in [1.165, 1.54) is 5.56 Å². The van der Waals surface area contributed by atoms with Crippen molar-refractivity contribution in [3.63, 3.8) is 0 Å². The molecule has 2 atom stereocenters. The fourth-order valence-corrected chi connectivity index (χ4v) is 4.10. The van der Waals surface area contributed by atoms with E-state index in [0.717, 1.165) is 37.5 Å². The van der Waals surface area contributed by atoms with Crippen molar-refractivity contribution in [2.75, 3.05) is 26.7 Å². The van der Waals surface area contributed by atoms with Crippen molar-refractivity contribution in [3.05, 3.63) is 65.7 Å². The minimum atomic E-state index is 0.168. The smallest absolute Gasteiger partial charge is 0.227 e. The molecule has 4 heteroatoms. The number of amides is 1. The summed E-state index contributed by atoms with van der Waals surface area (Å²) >= 11 is 0. The lowest BCUT2D eigenvalue weighted by atomic mass is 10.0. The Morgan fingerprint density at radius 1 is 0.920 bits per heavy atom. The maximum absolute atomic E-state index is 12.8. The Bertz CT molecular complexity index is 729. The molecular weight excluding hydrogens is 312 g/mol. The summed E-state index contributed by atoms with van der Waals surface area (Å²) in [6.07, 6.45) is 0. The number of carbonyl (C=O) groups is 1. The van der Waals surface area contributed by atoms with Crippen LogP contribution in [0, 0.1) is 11.8 Å². The van der Waals surface area contributed by atoms with Gasteiger partial charge in [0, 0.05) is 38.6 Å². The molecule has 130 valence electrons. The predicted octanol–water partition coefficient (Wildman–Crippen LogP) is 2.79. The van der Waals surface area contributed by atoms with E-state index in [2.05, 4.69) is 29.2 Å². The van der Waals surface area contributed by atoms with Crippen molar-refractivity contribution >= 4 is 5.91 Å². The fraction of sp³-hybridized carbons (Fsp3) is 0.381. The summed E-state index contributed by atoms with van der Waals surface area (Å²) < 4.78 is 5.20. The fourth-order valence-electron chi connectivity index (χ4n) is 4.10. The van der Waals surface area contributed by atoms with Crippen molar-refractivity contribution in [1.29, 1.82) is 0 Å². The molecule has 2 fully saturated rings. The predicted molar refractivity (Wildman–Crippen MR) is 97.1 cm³/mol. The number of hydrogen-bond acceptors (Lipinski definition) is 3. The topological polar surface area (TPSA) is 32.8 Å². The van der Waals surface area contributed by atoms with Gasteiger partial charge in [0.2, 0.25) is 5.91 Å². The van der Waals surface area contributed by atoms with Gasteiger partial charge in [0.15, 0.2) is 0 Å². The highest BCUT2D eigenvalue weighted by atomic mass is 16.5. The molecule has 2 saturated heterocycles. The lowest BCUT2D eigenvalue weighted by Crippen LogP contribution is -2.32. The van der Waals surface area contributed by atoms with Crippen molar-refractivity contribution in [2.45, 2.75) is 13.1 Å². The Kier molecular flexibility index (Phi) is 4.45. The van der Waals surface area contributed by atoms with Crippen LogP contribution in [0.2, 0.25) is 0 Å². The monoisotopic (exact) mass is 336 g/mol. The molecule has 0 bridgehead atoms. The van der Waals surface area contributed by atoms with Crippen LogP contribution in [-0.2, 0) is 17.9 Å². The Morgan fingerprint density at radius 3 is 2.32 bits per heavy atom. The van der Waals surface area contributed by atoms with Gasteiger partial charge < -0.3 is 9.64 Å². The molecule has 2 aliphatic rings. The molecule has 2 unspecified atom stereocenters. The summed E-state index contributed by atoms with van der Waals surface area (Å²) in [5.41, 5.74) is 2.49. The van der Waals surface area contributed by atoms with Gasteiger partial charge in [0.05, 0.1) is 13.0 Å². The number of fused-ring (bicyclic) bond motifs is 1. The van der Waals surface area contributed by atoms with Crippen LogP contribution in [0.5, 0.6) is 5.75 Å². The van der Waals surface area contributed by atoms with Gasteiger partial charge in [-0.2, -0.15) is 0 Å². The van der Waals surface area contributed by atoms with E-state index in [1.807, 2.05) is 35.2 Å². The van der Waals surface area contributed by atoms with Crippen LogP contribution in [-0.4, -0.2) is 42.5 Å². The number of hydrogen-bond donors (Lipinski definition) is 0. The summed E-state index contributed by atoms with van der Waals surface area (Å²) in [7, 11) is 1.67. The average molecular weight is 336 g/mol. The number of nitrogens with zero attached hydrogens (tertiary/aromatic N) is 2. The molecule has 4 rings (SSSR count). The lowest BCUT2D eigenvalue weighted by Gasteiger charge is -2.22. The molecular formula is C21H24N2O2. The van der Waals surface area contributed by atoms with E-state index in [1.54, 1.807) is 7.11 Å². The molecule has 0 saturated carbocycles. The van der Waals surface area contributed by atoms with E-state index in [-0.39, 0.29) is 5.92 Å². The van der Waals surface area contributed by atoms with Crippen molar-refractivity contribution in [3.8, 4) is 5.75 Å². The molecule has 25 heavy (non-hydrogen) atoms. The van der Waals surface area contributed by atoms with Gasteiger partial charge in [-0.05, 0) is 23.3 Å². The quantitative estimate of drug-likeness (QED) is 0.842. The second-order valence-corrected chi connectivity index (χ2v) is 7.11. The third-order valence-electron chi connectivity index (χ3n) is 5.38. The van der Waals surface area contributed by atoms with E-state index >= 15 is 0 Å². The third kappa shape index (κ3) is 3.40. The lowest BCUT2D eigenvalue weighted by molar-refractivity contribution is -0.131. The first-order valence-electron chi connectivity index (χ1n) is 8.91. The van der Waals surface area contributed by atoms with Crippen molar-refractivity contribution < 1.29 is 9.53 Å². The number of rotatable bonds is 5. The molecule has 2 aromatic rings. The van der Waals surface area contributed by atoms with Crippen LogP contribution in [0.3, 0.4) is 0 Å². The molecule has 2 aliphatic heterocycles. The highest BCUT2D eigenvalue weighted by Crippen LogP contribution is 2.33. The Labute approximate surface area is 149 Å². The first-order chi connectivity index (χ1) is 12.2. The van der Waals surface area contributed by atoms with Gasteiger partial charge in [-0.15, -0.1) is 0 Å². The number of carbonyl (C=O) groups excluding carboxylic acids is 1. The highest BCUT2D eigenvalue weighted by Gasteiger charge is 2.45. The summed E-state index contributed by atoms with van der Waals surface area (Å²) in [4.78, 5) is 17.2. The molecule has 0 N–H and O–H groups in total. The summed E-state index contributed by atoms with van der Waals surface area (Å²) in [6, 6.07) is 18.5. The zero-order chi connectivity index (χ0) is 17.2. The molecule has 0 spiro atoms. The first kappa shape index (κ1) is 16.2. The van der Waals surface area contributed by atoms with Gasteiger partial charge in [0.1, 0.15) is 5.75 Å². The molecule has 2 heterocycles. The number of ether oxygens (including phenoxy) is 1. The minimum Gasteiger partial charge on any atom is -0.497 e. The number of methoxy groups -OCH3 is 1. The Morgan fingerprint density at radius 2 is 1.64 bits per heavy atom. The average Bonchev–Trinajstić information content (AvgIpc) is 3.16. The van der Waals surface area contributed by atoms with E-state index in [0.29, 0.717) is 18.4 Å². The summed E-state index contributed by atoms with van der Waals surface area (Å²) in [5.74, 6) is 1.80. The van der Waals surface area contributed by atoms with Crippen LogP contribution < -0.4 is 4.74 Å². The summed E-state index contributed by atoms with van der Waals surface area (Å²) in [5, 5.41) is 0. The second kappa shape index (κ2) is 6.89. The summed E-state index contributed by atoms with van der Waals surface area (Å²) in [6.45, 7) is 4.43. The minimum absolute atomic E-state index is 0.168. The third-order valence-corrected chi connectivity index (χ3v) is 5.38. The second-order valence-electron chi connectivity index (χ2n) is 7.11. The SMILES string of the molecule is COc1ccc(CN2CC3CN(Cc4ccccc4)CC3C2=O)cc1. The van der Waals surface area contributed by atoms with Crippen LogP contribution in [0.25, 0.3) is 0 Å². The maximum Gasteiger partial charge on any atom is 0.227 e. The molecule has 2 aromatic carbocycles. The zero-order valence-electron chi connectivity index (χ0n) is 14.6. The molecule has 4 nitrogen and oxygen atoms in total. The van der Waals surface area contributed by atoms with Gasteiger partial charge in [-0.3, -0.25) is 9.69 Å². The van der Waals surface area contributed by atoms with Gasteiger partial charge in [-0.25, -0.2) is 0 Å². The van der Waals surface area contributed by atoms with Gasteiger partial charge in [-0.1, -0.05) is 42.5 Å². The largest absolute Gasteiger partial charge is 0.497 e. The van der Waals surface area contributed by atoms with Gasteiger partial charge in [0.25, 0.3) is 0 Å². The Balaban J connectivity index is 1.35. The molecule has 1 amide bonds. The van der Waals surface area contributed by atoms with Gasteiger partial charge >= 0.3 is 0 Å². The first-order valence-corrected chi connectivity index (χ1v) is 8.91. The Hall–Kier alpha value is -2.33. The van der Waals surface area contributed by atoms with E-state index < -0.39 is 0 Å². The number of benzene rings is 2. The highest BCUT2D eigenvalue weighted by molar-refractivity contribution is 5.82.